The van der Waals surface area contributed by atoms with Crippen molar-refractivity contribution in [2.45, 2.75) is 12.8 Å². The predicted molar refractivity (Wildman–Crippen MR) is 61.5 cm³/mol. The number of fused-ring (bicyclic) bond motifs is 1. The molecule has 2 nitrogen and oxygen atoms in total. The van der Waals surface area contributed by atoms with Crippen molar-refractivity contribution in [1.82, 2.24) is 0 Å². The Kier molecular flexibility index (Phi) is 2.68. The van der Waals surface area contributed by atoms with Crippen molar-refractivity contribution in [3.63, 3.8) is 0 Å². The fourth-order valence-electron chi connectivity index (χ4n) is 1.77. The van der Waals surface area contributed by atoms with E-state index in [9.17, 15) is 4.79 Å². The van der Waals surface area contributed by atoms with Gasteiger partial charge < -0.3 is 5.73 Å². The van der Waals surface area contributed by atoms with Crippen molar-refractivity contribution in [3.8, 4) is 0 Å². The quantitative estimate of drug-likeness (QED) is 0.809. The van der Waals surface area contributed by atoms with E-state index in [0.29, 0.717) is 6.42 Å². The Morgan fingerprint density at radius 3 is 2.60 bits per heavy atom. The number of nitrogens with two attached hydrogens (primary N) is 1. The molecule has 2 aromatic carbocycles. The average molecular weight is 199 g/mol. The van der Waals surface area contributed by atoms with Crippen LogP contribution in [0.3, 0.4) is 0 Å². The molecule has 0 radical (unpaired) electrons. The molecule has 0 aliphatic rings. The summed E-state index contributed by atoms with van der Waals surface area (Å²) < 4.78 is 0. The first-order valence-corrected chi connectivity index (χ1v) is 5.02. The van der Waals surface area contributed by atoms with Crippen molar-refractivity contribution in [2.24, 2.45) is 5.73 Å². The van der Waals surface area contributed by atoms with Gasteiger partial charge in [-0.25, -0.2) is 0 Å². The number of aryl methyl sites for hydroxylation is 1. The lowest BCUT2D eigenvalue weighted by Gasteiger charge is -2.04. The van der Waals surface area contributed by atoms with E-state index in [1.165, 1.54) is 16.3 Å². The van der Waals surface area contributed by atoms with Crippen LogP contribution in [0.4, 0.5) is 0 Å². The Labute approximate surface area is 88.7 Å². The van der Waals surface area contributed by atoms with Crippen molar-refractivity contribution in [2.75, 3.05) is 0 Å². The number of rotatable bonds is 3. The summed E-state index contributed by atoms with van der Waals surface area (Å²) in [6.07, 6.45) is 1.13. The molecule has 0 saturated heterocycles. The molecule has 0 aromatic heterocycles. The van der Waals surface area contributed by atoms with Gasteiger partial charge in [-0.05, 0) is 22.8 Å². The summed E-state index contributed by atoms with van der Waals surface area (Å²) in [6, 6.07) is 14.3. The average Bonchev–Trinajstić information content (AvgIpc) is 2.26. The highest BCUT2D eigenvalue weighted by atomic mass is 16.1. The Hall–Kier alpha value is -1.83. The third kappa shape index (κ3) is 2.15. The van der Waals surface area contributed by atoms with Crippen molar-refractivity contribution in [1.29, 1.82) is 0 Å². The monoisotopic (exact) mass is 199 g/mol. The lowest BCUT2D eigenvalue weighted by molar-refractivity contribution is -0.117. The summed E-state index contributed by atoms with van der Waals surface area (Å²) in [6.45, 7) is 0. The van der Waals surface area contributed by atoms with Crippen LogP contribution in [0.25, 0.3) is 10.8 Å². The molecule has 0 saturated carbocycles. The van der Waals surface area contributed by atoms with E-state index in [0.717, 1.165) is 6.42 Å². The molecule has 2 rings (SSSR count). The zero-order valence-corrected chi connectivity index (χ0v) is 8.44. The largest absolute Gasteiger partial charge is 0.370 e. The molecule has 0 unspecified atom stereocenters. The van der Waals surface area contributed by atoms with E-state index in [1.807, 2.05) is 24.3 Å². The number of benzene rings is 2. The Bertz CT molecular complexity index is 485. The maximum absolute atomic E-state index is 10.7. The number of carbonyl (C=O) groups is 1. The molecule has 0 aliphatic carbocycles. The van der Waals surface area contributed by atoms with Gasteiger partial charge in [-0.2, -0.15) is 0 Å². The first-order chi connectivity index (χ1) is 7.27. The Morgan fingerprint density at radius 1 is 1.07 bits per heavy atom. The summed E-state index contributed by atoms with van der Waals surface area (Å²) in [7, 11) is 0. The summed E-state index contributed by atoms with van der Waals surface area (Å²) in [5, 5.41) is 2.42. The highest BCUT2D eigenvalue weighted by molar-refractivity contribution is 5.86. The van der Waals surface area contributed by atoms with Crippen LogP contribution in [0.2, 0.25) is 0 Å². The van der Waals surface area contributed by atoms with Crippen molar-refractivity contribution < 1.29 is 4.79 Å². The SMILES string of the molecule is NC(=O)CCc1cccc2ccccc12. The van der Waals surface area contributed by atoms with Gasteiger partial charge >= 0.3 is 0 Å². The molecule has 15 heavy (non-hydrogen) atoms. The molecule has 0 bridgehead atoms. The molecule has 0 spiro atoms. The van der Waals surface area contributed by atoms with Gasteiger partial charge in [-0.3, -0.25) is 4.79 Å². The zero-order valence-electron chi connectivity index (χ0n) is 8.44. The van der Waals surface area contributed by atoms with Gasteiger partial charge in [-0.15, -0.1) is 0 Å². The molecular formula is C13H13NO. The molecule has 0 fully saturated rings. The molecule has 2 aromatic rings. The standard InChI is InChI=1S/C13H13NO/c14-13(15)9-8-11-6-3-5-10-4-1-2-7-12(10)11/h1-7H,8-9H2,(H2,14,15). The van der Waals surface area contributed by atoms with Crippen LogP contribution < -0.4 is 5.73 Å². The molecule has 2 N–H and O–H groups in total. The zero-order chi connectivity index (χ0) is 10.7. The first-order valence-electron chi connectivity index (χ1n) is 5.02. The maximum Gasteiger partial charge on any atom is 0.217 e. The molecule has 2 heteroatoms. The minimum atomic E-state index is -0.247. The highest BCUT2D eigenvalue weighted by Gasteiger charge is 2.01. The summed E-state index contributed by atoms with van der Waals surface area (Å²) in [5.41, 5.74) is 6.33. The second kappa shape index (κ2) is 4.13. The molecular weight excluding hydrogens is 186 g/mol. The van der Waals surface area contributed by atoms with Gasteiger partial charge in [0.1, 0.15) is 0 Å². The molecule has 0 aliphatic heterocycles. The van der Waals surface area contributed by atoms with Gasteiger partial charge in [0, 0.05) is 6.42 Å². The lowest BCUT2D eigenvalue weighted by atomic mass is 10.0. The van der Waals surface area contributed by atoms with Gasteiger partial charge in [0.05, 0.1) is 0 Å². The summed E-state index contributed by atoms with van der Waals surface area (Å²) in [4.78, 5) is 10.7. The molecule has 0 heterocycles. The topological polar surface area (TPSA) is 43.1 Å². The Morgan fingerprint density at radius 2 is 1.80 bits per heavy atom. The van der Waals surface area contributed by atoms with Crippen LogP contribution in [0.15, 0.2) is 42.5 Å². The van der Waals surface area contributed by atoms with E-state index in [2.05, 4.69) is 18.2 Å². The predicted octanol–water partition coefficient (Wildman–Crippen LogP) is 2.26. The van der Waals surface area contributed by atoms with Gasteiger partial charge in [0.25, 0.3) is 0 Å². The number of hydrogen-bond donors (Lipinski definition) is 1. The highest BCUT2D eigenvalue weighted by Crippen LogP contribution is 2.19. The van der Waals surface area contributed by atoms with Crippen LogP contribution in [0.1, 0.15) is 12.0 Å². The minimum Gasteiger partial charge on any atom is -0.370 e. The van der Waals surface area contributed by atoms with E-state index in [1.54, 1.807) is 0 Å². The first kappa shape index (κ1) is 9.71. The van der Waals surface area contributed by atoms with Crippen molar-refractivity contribution in [3.05, 3.63) is 48.0 Å². The normalized spacial score (nSPS) is 10.4. The summed E-state index contributed by atoms with van der Waals surface area (Å²) >= 11 is 0. The fraction of sp³-hybridized carbons (Fsp3) is 0.154. The van der Waals surface area contributed by atoms with Crippen LogP contribution in [-0.4, -0.2) is 5.91 Å². The molecule has 76 valence electrons. The third-order valence-corrected chi connectivity index (χ3v) is 2.52. The second-order valence-corrected chi connectivity index (χ2v) is 3.60. The third-order valence-electron chi connectivity index (χ3n) is 2.52. The van der Waals surface area contributed by atoms with Gasteiger partial charge in [-0.1, -0.05) is 42.5 Å². The second-order valence-electron chi connectivity index (χ2n) is 3.60. The maximum atomic E-state index is 10.7. The minimum absolute atomic E-state index is 0.247. The Balaban J connectivity index is 2.38. The number of hydrogen-bond acceptors (Lipinski definition) is 1. The van der Waals surface area contributed by atoms with Gasteiger partial charge in [0.2, 0.25) is 5.91 Å². The number of primary amides is 1. The van der Waals surface area contributed by atoms with Crippen LogP contribution in [-0.2, 0) is 11.2 Å². The van der Waals surface area contributed by atoms with Crippen LogP contribution in [0, 0.1) is 0 Å². The number of carbonyl (C=O) groups excluding carboxylic acids is 1. The van der Waals surface area contributed by atoms with E-state index >= 15 is 0 Å². The van der Waals surface area contributed by atoms with E-state index in [4.69, 9.17) is 5.73 Å². The van der Waals surface area contributed by atoms with E-state index in [-0.39, 0.29) is 5.91 Å². The molecule has 0 atom stereocenters. The smallest absolute Gasteiger partial charge is 0.217 e. The van der Waals surface area contributed by atoms with Crippen molar-refractivity contribution >= 4 is 16.7 Å². The number of amides is 1. The van der Waals surface area contributed by atoms with Crippen LogP contribution in [0.5, 0.6) is 0 Å². The fourth-order valence-corrected chi connectivity index (χ4v) is 1.77. The molecule has 1 amide bonds. The summed E-state index contributed by atoms with van der Waals surface area (Å²) in [5.74, 6) is -0.247. The lowest BCUT2D eigenvalue weighted by Crippen LogP contribution is -2.11. The van der Waals surface area contributed by atoms with E-state index < -0.39 is 0 Å². The van der Waals surface area contributed by atoms with Gasteiger partial charge in [0.15, 0.2) is 0 Å². The van der Waals surface area contributed by atoms with Crippen LogP contribution >= 0.6 is 0 Å².